The third-order valence-corrected chi connectivity index (χ3v) is 10.3. The van der Waals surface area contributed by atoms with Gasteiger partial charge in [0.1, 0.15) is 12.5 Å². The van der Waals surface area contributed by atoms with Crippen molar-refractivity contribution >= 4 is 26.3 Å². The summed E-state index contributed by atoms with van der Waals surface area (Å²) in [6.45, 7) is 14.2. The summed E-state index contributed by atoms with van der Waals surface area (Å²) in [5.74, 6) is -1.79. The molecule has 1 aliphatic heterocycles. The van der Waals surface area contributed by atoms with Crippen LogP contribution in [-0.4, -0.2) is 43.9 Å². The van der Waals surface area contributed by atoms with Crippen LogP contribution in [0.15, 0.2) is 42.1 Å². The molecule has 0 saturated carbocycles. The Labute approximate surface area is 185 Å². The molecule has 0 bridgehead atoms. The second kappa shape index (κ2) is 9.78. The lowest BCUT2D eigenvalue weighted by Gasteiger charge is -2.45. The summed E-state index contributed by atoms with van der Waals surface area (Å²) >= 11 is 0. The van der Waals surface area contributed by atoms with Crippen molar-refractivity contribution in [1.29, 1.82) is 0 Å². The summed E-state index contributed by atoms with van der Waals surface area (Å²) in [7, 11) is -2.17. The van der Waals surface area contributed by atoms with Crippen molar-refractivity contribution in [2.75, 3.05) is 6.61 Å². The summed E-state index contributed by atoms with van der Waals surface area (Å²) in [6, 6.07) is 9.16. The molecule has 1 aromatic rings. The number of carbonyl (C=O) groups is 3. The van der Waals surface area contributed by atoms with Gasteiger partial charge < -0.3 is 13.9 Å². The minimum Gasteiger partial charge on any atom is -0.463 e. The van der Waals surface area contributed by atoms with Gasteiger partial charge in [0.15, 0.2) is 8.32 Å². The summed E-state index contributed by atoms with van der Waals surface area (Å²) in [5, 5.41) is -0.0482. The Hall–Kier alpha value is -2.45. The third-order valence-electron chi connectivity index (χ3n) is 5.76. The fourth-order valence-corrected chi connectivity index (χ4v) is 4.47. The first-order valence-electron chi connectivity index (χ1n) is 10.5. The van der Waals surface area contributed by atoms with Gasteiger partial charge in [-0.2, -0.15) is 0 Å². The normalized spacial score (nSPS) is 19.1. The number of hydrogen-bond donors (Lipinski definition) is 0. The Morgan fingerprint density at radius 2 is 1.77 bits per heavy atom. The number of carbonyl (C=O) groups excluding carboxylic acids is 3. The van der Waals surface area contributed by atoms with Gasteiger partial charge in [0.25, 0.3) is 0 Å². The van der Waals surface area contributed by atoms with Crippen molar-refractivity contribution in [3.63, 3.8) is 0 Å². The van der Waals surface area contributed by atoms with E-state index in [0.29, 0.717) is 0 Å². The predicted molar refractivity (Wildman–Crippen MR) is 119 cm³/mol. The second-order valence-corrected chi connectivity index (χ2v) is 13.9. The maximum absolute atomic E-state index is 12.9. The topological polar surface area (TPSA) is 82.1 Å². The molecule has 0 aliphatic carbocycles. The molecule has 8 heteroatoms. The third kappa shape index (κ3) is 5.83. The molecule has 2 atom stereocenters. The largest absolute Gasteiger partial charge is 0.463 e. The van der Waals surface area contributed by atoms with E-state index in [-0.39, 0.29) is 23.9 Å². The van der Waals surface area contributed by atoms with Crippen molar-refractivity contribution < 1.29 is 28.3 Å². The van der Waals surface area contributed by atoms with E-state index in [9.17, 15) is 14.4 Å². The molecule has 1 aromatic carbocycles. The zero-order valence-electron chi connectivity index (χ0n) is 19.4. The van der Waals surface area contributed by atoms with Crippen LogP contribution in [0.4, 0.5) is 4.79 Å². The summed E-state index contributed by atoms with van der Waals surface area (Å²) < 4.78 is 16.6. The molecule has 0 radical (unpaired) electrons. The Bertz CT molecular complexity index is 843. The molecule has 7 nitrogen and oxygen atoms in total. The molecule has 1 heterocycles. The van der Waals surface area contributed by atoms with Gasteiger partial charge in [0, 0.05) is 6.08 Å². The number of ether oxygens (including phenoxy) is 2. The number of β-lactam (4-membered cyclic amide) rings is 1. The highest BCUT2D eigenvalue weighted by Gasteiger charge is 2.52. The summed E-state index contributed by atoms with van der Waals surface area (Å²) in [4.78, 5) is 38.5. The van der Waals surface area contributed by atoms with Crippen LogP contribution >= 0.6 is 0 Å². The highest BCUT2D eigenvalue weighted by molar-refractivity contribution is 6.74. The lowest BCUT2D eigenvalue weighted by molar-refractivity contribution is -0.143. The Morgan fingerprint density at radius 1 is 1.16 bits per heavy atom. The number of esters is 1. The molecule has 0 aromatic heterocycles. The monoisotopic (exact) mass is 447 g/mol. The quantitative estimate of drug-likeness (QED) is 0.262. The van der Waals surface area contributed by atoms with Crippen molar-refractivity contribution in [3.8, 4) is 0 Å². The number of imide groups is 1. The van der Waals surface area contributed by atoms with E-state index >= 15 is 0 Å². The average Bonchev–Trinajstić information content (AvgIpc) is 2.65. The van der Waals surface area contributed by atoms with Crippen LogP contribution in [0.5, 0.6) is 0 Å². The fraction of sp³-hybridized carbons (Fsp3) is 0.522. The molecule has 170 valence electrons. The van der Waals surface area contributed by atoms with Gasteiger partial charge in [-0.1, -0.05) is 51.1 Å². The van der Waals surface area contributed by atoms with Gasteiger partial charge in [-0.15, -0.1) is 0 Å². The highest BCUT2D eigenvalue weighted by Crippen LogP contribution is 2.41. The van der Waals surface area contributed by atoms with Crippen LogP contribution in [0.2, 0.25) is 18.1 Å². The molecular formula is C23H33NO6Si. The molecule has 1 saturated heterocycles. The number of amides is 2. The SMILES string of the molecule is CCOC(=O)/C=C1\[C@@H]([C@@H](C)O[Si](C)(C)C(C)(C)C)C(=O)N1C(=O)OCc1ccccc1. The molecule has 31 heavy (non-hydrogen) atoms. The molecule has 2 rings (SSSR count). The Kier molecular flexibility index (Phi) is 7.83. The highest BCUT2D eigenvalue weighted by atomic mass is 28.4. The first-order chi connectivity index (χ1) is 14.4. The molecular weight excluding hydrogens is 414 g/mol. The van der Waals surface area contributed by atoms with Crippen LogP contribution in [0, 0.1) is 5.92 Å². The average molecular weight is 448 g/mol. The maximum atomic E-state index is 12.9. The van der Waals surface area contributed by atoms with Gasteiger partial charge in [-0.3, -0.25) is 4.79 Å². The van der Waals surface area contributed by atoms with Gasteiger partial charge in [0.05, 0.1) is 18.4 Å². The van der Waals surface area contributed by atoms with E-state index in [4.69, 9.17) is 13.9 Å². The minimum absolute atomic E-state index is 0.0246. The van der Waals surface area contributed by atoms with Gasteiger partial charge in [-0.25, -0.2) is 14.5 Å². The van der Waals surface area contributed by atoms with Gasteiger partial charge >= 0.3 is 12.1 Å². The van der Waals surface area contributed by atoms with Crippen LogP contribution < -0.4 is 0 Å². The standard InChI is InChI=1S/C23H33NO6Si/c1-8-28-19(25)14-18-20(16(2)30-31(6,7)23(3,4)5)21(26)24(18)22(27)29-15-17-12-10-9-11-13-17/h9-14,16,20H,8,15H2,1-7H3/b18-14+/t16-,20-/m1/s1. The van der Waals surface area contributed by atoms with Crippen molar-refractivity contribution in [2.24, 2.45) is 5.92 Å². The number of benzene rings is 1. The van der Waals surface area contributed by atoms with E-state index in [0.717, 1.165) is 10.5 Å². The lowest BCUT2D eigenvalue weighted by Crippen LogP contribution is -2.59. The molecule has 1 aliphatic rings. The van der Waals surface area contributed by atoms with E-state index < -0.39 is 38.3 Å². The molecule has 0 unspecified atom stereocenters. The molecule has 0 N–H and O–H groups in total. The Morgan fingerprint density at radius 3 is 2.32 bits per heavy atom. The zero-order valence-corrected chi connectivity index (χ0v) is 20.4. The Balaban J connectivity index is 2.20. The number of likely N-dealkylation sites (tertiary alicyclic amines) is 1. The van der Waals surface area contributed by atoms with E-state index in [1.807, 2.05) is 30.3 Å². The maximum Gasteiger partial charge on any atom is 0.421 e. The van der Waals surface area contributed by atoms with Gasteiger partial charge in [-0.05, 0) is 37.5 Å². The van der Waals surface area contributed by atoms with E-state index in [1.165, 1.54) is 6.08 Å². The summed E-state index contributed by atoms with van der Waals surface area (Å²) in [5.41, 5.74) is 1.04. The van der Waals surface area contributed by atoms with E-state index in [2.05, 4.69) is 33.9 Å². The van der Waals surface area contributed by atoms with Crippen molar-refractivity contribution in [1.82, 2.24) is 4.90 Å². The fourth-order valence-electron chi connectivity index (χ4n) is 3.05. The number of nitrogens with zero attached hydrogens (tertiary/aromatic N) is 1. The first-order valence-corrected chi connectivity index (χ1v) is 13.4. The van der Waals surface area contributed by atoms with Gasteiger partial charge in [0.2, 0.25) is 5.91 Å². The predicted octanol–water partition coefficient (Wildman–Crippen LogP) is 4.64. The molecule has 1 fully saturated rings. The zero-order chi connectivity index (χ0) is 23.4. The van der Waals surface area contributed by atoms with Crippen LogP contribution in [0.25, 0.3) is 0 Å². The second-order valence-electron chi connectivity index (χ2n) is 9.10. The first kappa shape index (κ1) is 24.8. The number of hydrogen-bond acceptors (Lipinski definition) is 6. The van der Waals surface area contributed by atoms with Crippen molar-refractivity contribution in [3.05, 3.63) is 47.7 Å². The minimum atomic E-state index is -2.17. The lowest BCUT2D eigenvalue weighted by atomic mass is 9.88. The van der Waals surface area contributed by atoms with Crippen LogP contribution in [0.3, 0.4) is 0 Å². The van der Waals surface area contributed by atoms with Crippen molar-refractivity contribution in [2.45, 2.75) is 65.5 Å². The summed E-state index contributed by atoms with van der Waals surface area (Å²) in [6.07, 6.45) is -0.127. The van der Waals surface area contributed by atoms with Crippen LogP contribution in [-0.2, 0) is 30.1 Å². The number of rotatable bonds is 7. The molecule has 2 amide bonds. The van der Waals surface area contributed by atoms with Crippen LogP contribution in [0.1, 0.15) is 40.2 Å². The van der Waals surface area contributed by atoms with E-state index in [1.54, 1.807) is 13.8 Å². The smallest absolute Gasteiger partial charge is 0.421 e. The molecule has 0 spiro atoms.